The van der Waals surface area contributed by atoms with E-state index >= 15 is 4.79 Å². The number of benzene rings is 3. The van der Waals surface area contributed by atoms with Crippen molar-refractivity contribution in [1.29, 1.82) is 0 Å². The maximum atomic E-state index is 15.0. The average Bonchev–Trinajstić information content (AvgIpc) is 3.53. The van der Waals surface area contributed by atoms with Crippen molar-refractivity contribution < 1.29 is 24.2 Å². The van der Waals surface area contributed by atoms with E-state index in [0.717, 1.165) is 39.9 Å². The van der Waals surface area contributed by atoms with Crippen LogP contribution in [0, 0.1) is 5.92 Å². The fraction of sp³-hybridized carbons (Fsp3) is 0.429. The molecule has 3 aromatic rings. The van der Waals surface area contributed by atoms with E-state index in [1.165, 1.54) is 16.3 Å². The second-order valence-corrected chi connectivity index (χ2v) is 20.4. The summed E-state index contributed by atoms with van der Waals surface area (Å²) in [5.41, 5.74) is 3.89. The van der Waals surface area contributed by atoms with Crippen LogP contribution in [0.4, 0.5) is 5.69 Å². The van der Waals surface area contributed by atoms with Gasteiger partial charge in [0.25, 0.3) is 5.91 Å². The summed E-state index contributed by atoms with van der Waals surface area (Å²) in [5, 5.41) is 11.2. The number of amides is 2. The third-order valence-electron chi connectivity index (χ3n) is 10.8. The highest BCUT2D eigenvalue weighted by molar-refractivity contribution is 9.10. The number of aliphatic hydroxyl groups is 1. The highest BCUT2D eigenvalue weighted by Crippen LogP contribution is 2.60. The topological polar surface area (TPSA) is 79.3 Å². The third-order valence-corrected chi connectivity index (χ3v) is 15.7. The molecular weight excluding hydrogens is 720 g/mol. The molecule has 1 spiro atoms. The Bertz CT molecular complexity index is 1750. The number of methoxy groups -OCH3 is 1. The van der Waals surface area contributed by atoms with Gasteiger partial charge < -0.3 is 24.4 Å². The number of hydrogen-bond acceptors (Lipinski definition) is 5. The lowest BCUT2D eigenvalue weighted by Crippen LogP contribution is -2.52. The molecule has 2 amide bonds. The Morgan fingerprint density at radius 1 is 1.06 bits per heavy atom. The van der Waals surface area contributed by atoms with Crippen LogP contribution in [0.25, 0.3) is 0 Å². The fourth-order valence-electron chi connectivity index (χ4n) is 8.12. The number of hydrogen-bond donors (Lipinski definition) is 1. The number of fused-ring (bicyclic) bond motifs is 2. The number of halogens is 1. The third kappa shape index (κ3) is 8.12. The van der Waals surface area contributed by atoms with Crippen molar-refractivity contribution in [2.24, 2.45) is 5.92 Å². The predicted octanol–water partition coefficient (Wildman–Crippen LogP) is 8.12. The van der Waals surface area contributed by atoms with Gasteiger partial charge in [0, 0.05) is 35.6 Å². The van der Waals surface area contributed by atoms with Crippen molar-refractivity contribution in [3.05, 3.63) is 112 Å². The number of carbonyl (C=O) groups excluding carboxylic acids is 2. The van der Waals surface area contributed by atoms with Crippen LogP contribution in [0.3, 0.4) is 0 Å². The first-order chi connectivity index (χ1) is 24.3. The van der Waals surface area contributed by atoms with Gasteiger partial charge in [0.1, 0.15) is 5.75 Å². The van der Waals surface area contributed by atoms with Gasteiger partial charge in [-0.05, 0) is 75.0 Å². The second-order valence-electron chi connectivity index (χ2n) is 14.8. The van der Waals surface area contributed by atoms with Crippen LogP contribution < -0.4 is 14.8 Å². The summed E-state index contributed by atoms with van der Waals surface area (Å²) >= 11 is 3.70. The minimum Gasteiger partial charge on any atom is -0.497 e. The van der Waals surface area contributed by atoms with Gasteiger partial charge in [-0.1, -0.05) is 107 Å². The van der Waals surface area contributed by atoms with Crippen LogP contribution in [0.1, 0.15) is 58.1 Å². The Labute approximate surface area is 313 Å². The molecule has 0 radical (unpaired) electrons. The molecule has 0 aliphatic carbocycles. The van der Waals surface area contributed by atoms with Crippen LogP contribution in [-0.2, 0) is 26.5 Å². The van der Waals surface area contributed by atoms with Gasteiger partial charge in [0.05, 0.1) is 40.0 Å². The molecule has 2 aliphatic heterocycles. The molecule has 5 rings (SSSR count). The fourth-order valence-corrected chi connectivity index (χ4v) is 12.5. The van der Waals surface area contributed by atoms with E-state index in [-0.39, 0.29) is 42.8 Å². The van der Waals surface area contributed by atoms with Gasteiger partial charge in [0.15, 0.2) is 5.60 Å². The summed E-state index contributed by atoms with van der Waals surface area (Å²) in [6.45, 7) is 14.0. The molecule has 0 bridgehead atoms. The van der Waals surface area contributed by atoms with Gasteiger partial charge >= 0.3 is 0 Å². The van der Waals surface area contributed by atoms with E-state index in [9.17, 15) is 9.90 Å². The number of allylic oxidation sites excluding steroid dienone is 3. The van der Waals surface area contributed by atoms with Crippen LogP contribution in [-0.4, -0.2) is 62.8 Å². The zero-order valence-corrected chi connectivity index (χ0v) is 33.7. The summed E-state index contributed by atoms with van der Waals surface area (Å²) in [7, 11) is -0.781. The number of anilines is 1. The van der Waals surface area contributed by atoms with E-state index < -0.39 is 19.8 Å². The molecule has 3 aromatic carbocycles. The molecule has 7 nitrogen and oxygen atoms in total. The zero-order chi connectivity index (χ0) is 36.9. The lowest BCUT2D eigenvalue weighted by Gasteiger charge is -2.37. The monoisotopic (exact) mass is 772 g/mol. The number of aliphatic hydroxyl groups excluding tert-OH is 1. The normalized spacial score (nSPS) is 21.6. The van der Waals surface area contributed by atoms with E-state index in [1.807, 2.05) is 65.6 Å². The minimum atomic E-state index is -2.44. The molecule has 272 valence electrons. The number of carbonyl (C=O) groups is 2. The molecule has 9 heteroatoms. The van der Waals surface area contributed by atoms with Crippen molar-refractivity contribution in [3.8, 4) is 5.75 Å². The van der Waals surface area contributed by atoms with Gasteiger partial charge in [0.2, 0.25) is 5.91 Å². The summed E-state index contributed by atoms with van der Waals surface area (Å²) in [6, 6.07) is 24.1. The Kier molecular flexibility index (Phi) is 12.5. The maximum absolute atomic E-state index is 15.0. The number of ether oxygens (including phenoxy) is 2. The molecular formula is C42H53BrN2O5Si. The Hall–Kier alpha value is -3.50. The Balaban J connectivity index is 1.55. The Morgan fingerprint density at radius 3 is 2.41 bits per heavy atom. The second kappa shape index (κ2) is 16.4. The smallest absolute Gasteiger partial charge is 0.264 e. The van der Waals surface area contributed by atoms with Crippen LogP contribution in [0.15, 0.2) is 101 Å². The van der Waals surface area contributed by atoms with Crippen LogP contribution >= 0.6 is 15.9 Å². The van der Waals surface area contributed by atoms with E-state index in [1.54, 1.807) is 12.0 Å². The van der Waals surface area contributed by atoms with Crippen molar-refractivity contribution in [3.63, 3.8) is 0 Å². The summed E-state index contributed by atoms with van der Waals surface area (Å²) < 4.78 is 13.6. The van der Waals surface area contributed by atoms with Gasteiger partial charge in [-0.2, -0.15) is 0 Å². The van der Waals surface area contributed by atoms with E-state index in [2.05, 4.69) is 81.0 Å². The predicted molar refractivity (Wildman–Crippen MR) is 212 cm³/mol. The first-order valence-electron chi connectivity index (χ1n) is 18.0. The van der Waals surface area contributed by atoms with Crippen molar-refractivity contribution in [2.45, 2.75) is 83.8 Å². The van der Waals surface area contributed by atoms with Gasteiger partial charge in [-0.3, -0.25) is 9.59 Å². The quantitative estimate of drug-likeness (QED) is 0.132. The van der Waals surface area contributed by atoms with Crippen molar-refractivity contribution >= 4 is 46.7 Å². The van der Waals surface area contributed by atoms with E-state index in [0.29, 0.717) is 13.1 Å². The summed E-state index contributed by atoms with van der Waals surface area (Å²) in [5.74, 6) is 0.381. The zero-order valence-electron chi connectivity index (χ0n) is 31.1. The summed E-state index contributed by atoms with van der Waals surface area (Å²) in [4.78, 5) is 32.9. The van der Waals surface area contributed by atoms with E-state index in [4.69, 9.17) is 9.47 Å². The molecule has 2 aliphatic rings. The maximum Gasteiger partial charge on any atom is 0.264 e. The minimum absolute atomic E-state index is 0.0765. The highest BCUT2D eigenvalue weighted by Gasteiger charge is 2.66. The standard InChI is InChI=1S/C42H53BrN2O5Si/c1-29(2)12-11-13-30(3)22-23-45-37-21-16-33(43)26-36(37)42(41(45)48)31(4)40(51(6,7)35-19-17-34(49-5)18-20-35)38(50-42)27-39(47)44(24-25-46)28-32-14-9-8-10-15-32/h8-10,12,14-22,26,31,38,40,46H,11,13,23-25,27-28H2,1-7H3/b30-22+/t31-,38+,40-,42+/m1/s1. The van der Waals surface area contributed by atoms with Crippen LogP contribution in [0.2, 0.25) is 18.6 Å². The molecule has 0 saturated carbocycles. The molecule has 51 heavy (non-hydrogen) atoms. The average molecular weight is 774 g/mol. The molecule has 0 aromatic heterocycles. The largest absolute Gasteiger partial charge is 0.497 e. The molecule has 2 heterocycles. The first-order valence-corrected chi connectivity index (χ1v) is 21.9. The molecule has 1 saturated heterocycles. The van der Waals surface area contributed by atoms with Crippen molar-refractivity contribution in [1.82, 2.24) is 4.90 Å². The molecule has 0 unspecified atom stereocenters. The molecule has 4 atom stereocenters. The van der Waals surface area contributed by atoms with Gasteiger partial charge in [-0.15, -0.1) is 0 Å². The van der Waals surface area contributed by atoms with Crippen LogP contribution in [0.5, 0.6) is 5.75 Å². The highest BCUT2D eigenvalue weighted by atomic mass is 79.9. The number of nitrogens with zero attached hydrogens (tertiary/aromatic N) is 2. The summed E-state index contributed by atoms with van der Waals surface area (Å²) in [6.07, 6.45) is 5.88. The first kappa shape index (κ1) is 38.7. The number of rotatable bonds is 14. The Morgan fingerprint density at radius 2 is 1.76 bits per heavy atom. The lowest BCUT2D eigenvalue weighted by molar-refractivity contribution is -0.149. The lowest BCUT2D eigenvalue weighted by atomic mass is 9.82. The van der Waals surface area contributed by atoms with Gasteiger partial charge in [-0.25, -0.2) is 0 Å². The SMILES string of the molecule is COc1ccc([Si](C)(C)[C@H]2[C@H](CC(=O)N(CCO)Cc3ccccc3)O[C@@]3(C(=O)N(C/C=C(\C)CCC=C(C)C)c4ccc(Br)cc43)[C@@H]2C)cc1. The molecule has 1 N–H and O–H groups in total. The molecule has 1 fully saturated rings. The van der Waals surface area contributed by atoms with Crippen molar-refractivity contribution in [2.75, 3.05) is 31.7 Å².